The number of nitrogens with one attached hydrogen (secondary N) is 2. The molecule has 5 nitrogen and oxygen atoms in total. The van der Waals surface area contributed by atoms with Crippen LogP contribution >= 0.6 is 11.6 Å². The van der Waals surface area contributed by atoms with Crippen molar-refractivity contribution >= 4 is 17.5 Å². The van der Waals surface area contributed by atoms with E-state index in [2.05, 4.69) is 15.3 Å². The Labute approximate surface area is 191 Å². The molecule has 0 radical (unpaired) electrons. The Balaban J connectivity index is 2.09. The summed E-state index contributed by atoms with van der Waals surface area (Å²) in [6, 6.07) is 7.00. The largest absolute Gasteiger partial charge is 0.416 e. The smallest absolute Gasteiger partial charge is 0.352 e. The van der Waals surface area contributed by atoms with Gasteiger partial charge in [0.05, 0.1) is 27.5 Å². The predicted octanol–water partition coefficient (Wildman–Crippen LogP) is 5.50. The highest BCUT2D eigenvalue weighted by molar-refractivity contribution is 6.33. The lowest BCUT2D eigenvalue weighted by atomic mass is 9.98. The number of carbonyl (C=O) groups excluding carboxylic acids is 1. The van der Waals surface area contributed by atoms with Gasteiger partial charge in [0.2, 0.25) is 5.91 Å². The minimum atomic E-state index is -4.51. The standard InChI is InChI=1S/C23H20ClF4N3O2/c1-11(2)21(32)29-10-14-6-9-16(24)17(18(14)25)20-12(3)19(30-22(33)31-20)13-4-7-15(8-5-13)23(26,27)28/h4-9,11H,10H2,1-3H3,(H,29,32)(H,30,31,33). The number of aromatic nitrogens is 2. The number of hydrogen-bond acceptors (Lipinski definition) is 3. The van der Waals surface area contributed by atoms with Crippen molar-refractivity contribution in [3.05, 3.63) is 74.4 Å². The summed E-state index contributed by atoms with van der Waals surface area (Å²) in [5.41, 5.74) is -0.905. The van der Waals surface area contributed by atoms with Gasteiger partial charge in [-0.1, -0.05) is 43.6 Å². The number of rotatable bonds is 5. The number of carbonyl (C=O) groups is 1. The van der Waals surface area contributed by atoms with Crippen molar-refractivity contribution < 1.29 is 22.4 Å². The molecule has 0 aliphatic heterocycles. The Morgan fingerprint density at radius 1 is 1.15 bits per heavy atom. The Kier molecular flexibility index (Phi) is 6.92. The maximum absolute atomic E-state index is 15.4. The van der Waals surface area contributed by atoms with Gasteiger partial charge in [-0.2, -0.15) is 18.2 Å². The molecular formula is C23H20ClF4N3O2. The topological polar surface area (TPSA) is 74.8 Å². The maximum Gasteiger partial charge on any atom is 0.416 e. The predicted molar refractivity (Wildman–Crippen MR) is 117 cm³/mol. The lowest BCUT2D eigenvalue weighted by Gasteiger charge is -2.15. The zero-order chi connectivity index (χ0) is 24.5. The van der Waals surface area contributed by atoms with E-state index in [9.17, 15) is 22.8 Å². The fraction of sp³-hybridized carbons (Fsp3) is 0.261. The fourth-order valence-electron chi connectivity index (χ4n) is 3.23. The number of H-pyrrole nitrogens is 1. The molecule has 3 rings (SSSR count). The van der Waals surface area contributed by atoms with Crippen molar-refractivity contribution in [3.63, 3.8) is 0 Å². The molecular weight excluding hydrogens is 462 g/mol. The zero-order valence-corrected chi connectivity index (χ0v) is 18.7. The normalized spacial score (nSPS) is 11.7. The third-order valence-electron chi connectivity index (χ3n) is 5.06. The molecule has 0 aliphatic rings. The number of nitrogens with zero attached hydrogens (tertiary/aromatic N) is 1. The first-order chi connectivity index (χ1) is 15.4. The van der Waals surface area contributed by atoms with E-state index in [0.29, 0.717) is 5.56 Å². The van der Waals surface area contributed by atoms with Crippen LogP contribution in [0.25, 0.3) is 22.5 Å². The van der Waals surface area contributed by atoms with Crippen LogP contribution in [0, 0.1) is 18.7 Å². The highest BCUT2D eigenvalue weighted by Crippen LogP contribution is 2.36. The van der Waals surface area contributed by atoms with Gasteiger partial charge in [-0.25, -0.2) is 9.18 Å². The summed E-state index contributed by atoms with van der Waals surface area (Å²) in [6.45, 7) is 4.86. The second-order valence-corrected chi connectivity index (χ2v) is 8.14. The third-order valence-corrected chi connectivity index (χ3v) is 5.37. The van der Waals surface area contributed by atoms with Gasteiger partial charge >= 0.3 is 11.9 Å². The molecule has 2 aromatic carbocycles. The molecule has 0 saturated carbocycles. The minimum Gasteiger partial charge on any atom is -0.352 e. The monoisotopic (exact) mass is 481 g/mol. The average molecular weight is 482 g/mol. The van der Waals surface area contributed by atoms with Crippen molar-refractivity contribution in [3.8, 4) is 22.5 Å². The van der Waals surface area contributed by atoms with Gasteiger partial charge in [0.1, 0.15) is 5.82 Å². The average Bonchev–Trinajstić information content (AvgIpc) is 2.74. The van der Waals surface area contributed by atoms with Gasteiger partial charge in [-0.15, -0.1) is 0 Å². The van der Waals surface area contributed by atoms with Gasteiger partial charge in [0.15, 0.2) is 0 Å². The van der Waals surface area contributed by atoms with Crippen LogP contribution in [0.3, 0.4) is 0 Å². The van der Waals surface area contributed by atoms with Crippen molar-refractivity contribution in [2.75, 3.05) is 0 Å². The number of amides is 1. The SMILES string of the molecule is Cc1c(-c2ccc(C(F)(F)F)cc2)nc(=O)[nH]c1-c1c(Cl)ccc(CNC(=O)C(C)C)c1F. The molecule has 1 heterocycles. The lowest BCUT2D eigenvalue weighted by molar-refractivity contribution is -0.137. The Morgan fingerprint density at radius 3 is 2.36 bits per heavy atom. The summed E-state index contributed by atoms with van der Waals surface area (Å²) in [5.74, 6) is -1.29. The number of hydrogen-bond donors (Lipinski definition) is 2. The zero-order valence-electron chi connectivity index (χ0n) is 17.9. The van der Waals surface area contributed by atoms with Crippen LogP contribution in [0.4, 0.5) is 17.6 Å². The molecule has 0 atom stereocenters. The van der Waals surface area contributed by atoms with Gasteiger partial charge in [0.25, 0.3) is 0 Å². The van der Waals surface area contributed by atoms with E-state index in [-0.39, 0.29) is 51.5 Å². The Morgan fingerprint density at radius 2 is 1.79 bits per heavy atom. The van der Waals surface area contributed by atoms with E-state index < -0.39 is 23.2 Å². The molecule has 3 aromatic rings. The van der Waals surface area contributed by atoms with Gasteiger partial charge in [0, 0.05) is 23.6 Å². The van der Waals surface area contributed by atoms with Gasteiger partial charge in [-0.05, 0) is 30.7 Å². The molecule has 0 spiro atoms. The molecule has 0 fully saturated rings. The quantitative estimate of drug-likeness (QED) is 0.473. The van der Waals surface area contributed by atoms with E-state index >= 15 is 4.39 Å². The summed E-state index contributed by atoms with van der Waals surface area (Å²) in [4.78, 5) is 30.5. The molecule has 174 valence electrons. The lowest BCUT2D eigenvalue weighted by Crippen LogP contribution is -2.27. The fourth-order valence-corrected chi connectivity index (χ4v) is 3.47. The first kappa shape index (κ1) is 24.4. The van der Waals surface area contributed by atoms with E-state index in [1.54, 1.807) is 20.8 Å². The molecule has 1 amide bonds. The van der Waals surface area contributed by atoms with Crippen molar-refractivity contribution in [2.45, 2.75) is 33.5 Å². The van der Waals surface area contributed by atoms with E-state index in [1.807, 2.05) is 0 Å². The number of aromatic amines is 1. The molecule has 0 unspecified atom stereocenters. The molecule has 33 heavy (non-hydrogen) atoms. The summed E-state index contributed by atoms with van der Waals surface area (Å²) < 4.78 is 54.0. The number of benzene rings is 2. The third kappa shape index (κ3) is 5.24. The van der Waals surface area contributed by atoms with Crippen molar-refractivity contribution in [1.29, 1.82) is 0 Å². The van der Waals surface area contributed by atoms with Crippen LogP contribution in [0.1, 0.15) is 30.5 Å². The van der Waals surface area contributed by atoms with E-state index in [4.69, 9.17) is 11.6 Å². The van der Waals surface area contributed by atoms with Crippen LogP contribution in [0.15, 0.2) is 41.2 Å². The Hall–Kier alpha value is -3.20. The summed E-state index contributed by atoms with van der Waals surface area (Å²) in [7, 11) is 0. The first-order valence-electron chi connectivity index (χ1n) is 9.93. The van der Waals surface area contributed by atoms with Crippen LogP contribution in [0.5, 0.6) is 0 Å². The van der Waals surface area contributed by atoms with E-state index in [0.717, 1.165) is 12.1 Å². The van der Waals surface area contributed by atoms with E-state index in [1.165, 1.54) is 24.3 Å². The van der Waals surface area contributed by atoms with Crippen LogP contribution in [-0.2, 0) is 17.5 Å². The molecule has 2 N–H and O–H groups in total. The van der Waals surface area contributed by atoms with Crippen molar-refractivity contribution in [1.82, 2.24) is 15.3 Å². The summed E-state index contributed by atoms with van der Waals surface area (Å²) in [5, 5.41) is 2.63. The molecule has 1 aromatic heterocycles. The second kappa shape index (κ2) is 9.35. The second-order valence-electron chi connectivity index (χ2n) is 7.73. The van der Waals surface area contributed by atoms with Crippen LogP contribution in [0.2, 0.25) is 5.02 Å². The molecule has 10 heteroatoms. The summed E-state index contributed by atoms with van der Waals surface area (Å²) >= 11 is 6.25. The minimum absolute atomic E-state index is 0.00903. The maximum atomic E-state index is 15.4. The summed E-state index contributed by atoms with van der Waals surface area (Å²) in [6.07, 6.45) is -4.51. The highest BCUT2D eigenvalue weighted by Gasteiger charge is 2.30. The van der Waals surface area contributed by atoms with Crippen LogP contribution in [-0.4, -0.2) is 15.9 Å². The van der Waals surface area contributed by atoms with Crippen LogP contribution < -0.4 is 11.0 Å². The first-order valence-corrected chi connectivity index (χ1v) is 10.3. The van der Waals surface area contributed by atoms with Gasteiger partial charge in [-0.3, -0.25) is 4.79 Å². The van der Waals surface area contributed by atoms with Crippen molar-refractivity contribution in [2.24, 2.45) is 5.92 Å². The number of alkyl halides is 3. The highest BCUT2D eigenvalue weighted by atomic mass is 35.5. The van der Waals surface area contributed by atoms with Gasteiger partial charge < -0.3 is 10.3 Å². The number of halogens is 5. The molecule has 0 bridgehead atoms. The molecule has 0 aliphatic carbocycles. The molecule has 0 saturated heterocycles. The Bertz CT molecular complexity index is 1250.